The van der Waals surface area contributed by atoms with Gasteiger partial charge in [-0.2, -0.15) is 0 Å². The van der Waals surface area contributed by atoms with Crippen LogP contribution in [0.1, 0.15) is 30.9 Å². The van der Waals surface area contributed by atoms with Crippen molar-refractivity contribution >= 4 is 5.91 Å². The van der Waals surface area contributed by atoms with Crippen LogP contribution in [-0.4, -0.2) is 25.2 Å². The monoisotopic (exact) mass is 248 g/mol. The smallest absolute Gasteiger partial charge is 0.241 e. The highest BCUT2D eigenvalue weighted by atomic mass is 16.5. The molecule has 0 spiro atoms. The fraction of sp³-hybridized carbons (Fsp3) is 0.500. The second-order valence-corrected chi connectivity index (χ2v) is 4.85. The molecule has 1 aliphatic carbocycles. The number of amides is 1. The molecule has 0 bridgehead atoms. The maximum atomic E-state index is 12.0. The zero-order chi connectivity index (χ0) is 13.0. The molecular formula is C14H20N2O2. The molecule has 2 rings (SSSR count). The lowest BCUT2D eigenvalue weighted by Crippen LogP contribution is -2.50. The van der Waals surface area contributed by atoms with Gasteiger partial charge >= 0.3 is 0 Å². The Morgan fingerprint density at radius 2 is 2.11 bits per heavy atom. The molecule has 0 unspecified atom stereocenters. The van der Waals surface area contributed by atoms with E-state index in [0.717, 1.165) is 24.8 Å². The minimum absolute atomic E-state index is 0.149. The zero-order valence-corrected chi connectivity index (χ0v) is 10.7. The summed E-state index contributed by atoms with van der Waals surface area (Å²) in [5.41, 5.74) is 6.58. The molecule has 4 heteroatoms. The first-order valence-corrected chi connectivity index (χ1v) is 6.30. The van der Waals surface area contributed by atoms with Crippen LogP contribution in [0.15, 0.2) is 30.3 Å². The second kappa shape index (κ2) is 5.50. The molecule has 0 aromatic heterocycles. The Bertz CT molecular complexity index is 396. The zero-order valence-electron chi connectivity index (χ0n) is 10.7. The summed E-state index contributed by atoms with van der Waals surface area (Å²) < 4.78 is 5.45. The third-order valence-corrected chi connectivity index (χ3v) is 3.72. The summed E-state index contributed by atoms with van der Waals surface area (Å²) in [5.74, 6) is -0.149. The SMILES string of the molecule is COC1(CNC(=O)[C@H](N)c2ccccc2)CCC1. The van der Waals surface area contributed by atoms with Crippen molar-refractivity contribution in [2.75, 3.05) is 13.7 Å². The van der Waals surface area contributed by atoms with Crippen molar-refractivity contribution in [2.45, 2.75) is 30.9 Å². The van der Waals surface area contributed by atoms with Gasteiger partial charge in [-0.05, 0) is 24.8 Å². The number of carbonyl (C=O) groups excluding carboxylic acids is 1. The first-order valence-electron chi connectivity index (χ1n) is 6.30. The maximum Gasteiger partial charge on any atom is 0.241 e. The molecule has 18 heavy (non-hydrogen) atoms. The van der Waals surface area contributed by atoms with E-state index in [2.05, 4.69) is 5.32 Å². The topological polar surface area (TPSA) is 64.3 Å². The van der Waals surface area contributed by atoms with Crippen LogP contribution in [0.3, 0.4) is 0 Å². The molecule has 0 saturated heterocycles. The van der Waals surface area contributed by atoms with Gasteiger partial charge in [-0.25, -0.2) is 0 Å². The molecular weight excluding hydrogens is 228 g/mol. The van der Waals surface area contributed by atoms with Crippen molar-refractivity contribution in [3.8, 4) is 0 Å². The van der Waals surface area contributed by atoms with Gasteiger partial charge in [0.05, 0.1) is 5.60 Å². The van der Waals surface area contributed by atoms with E-state index in [-0.39, 0.29) is 11.5 Å². The van der Waals surface area contributed by atoms with E-state index in [9.17, 15) is 4.79 Å². The predicted molar refractivity (Wildman–Crippen MR) is 70.0 cm³/mol. The highest BCUT2D eigenvalue weighted by Gasteiger charge is 2.37. The van der Waals surface area contributed by atoms with E-state index in [4.69, 9.17) is 10.5 Å². The summed E-state index contributed by atoms with van der Waals surface area (Å²) in [4.78, 5) is 12.0. The predicted octanol–water partition coefficient (Wildman–Crippen LogP) is 1.37. The van der Waals surface area contributed by atoms with Gasteiger partial charge < -0.3 is 15.8 Å². The summed E-state index contributed by atoms with van der Waals surface area (Å²) in [6.07, 6.45) is 3.17. The van der Waals surface area contributed by atoms with Gasteiger partial charge in [0, 0.05) is 13.7 Å². The van der Waals surface area contributed by atoms with E-state index in [0.29, 0.717) is 6.54 Å². The van der Waals surface area contributed by atoms with Crippen LogP contribution >= 0.6 is 0 Å². The van der Waals surface area contributed by atoms with Gasteiger partial charge in [0.2, 0.25) is 5.91 Å². The van der Waals surface area contributed by atoms with Crippen molar-refractivity contribution < 1.29 is 9.53 Å². The Labute approximate surface area is 108 Å². The van der Waals surface area contributed by atoms with Gasteiger partial charge in [0.1, 0.15) is 6.04 Å². The second-order valence-electron chi connectivity index (χ2n) is 4.85. The molecule has 1 aromatic rings. The van der Waals surface area contributed by atoms with Gasteiger partial charge in [-0.3, -0.25) is 4.79 Å². The number of nitrogens with two attached hydrogens (primary N) is 1. The molecule has 1 aliphatic rings. The number of hydrogen-bond donors (Lipinski definition) is 2. The number of ether oxygens (including phenoxy) is 1. The lowest BCUT2D eigenvalue weighted by atomic mass is 9.80. The number of hydrogen-bond acceptors (Lipinski definition) is 3. The van der Waals surface area contributed by atoms with Gasteiger partial charge in [-0.15, -0.1) is 0 Å². The highest BCUT2D eigenvalue weighted by Crippen LogP contribution is 2.34. The number of rotatable bonds is 5. The fourth-order valence-corrected chi connectivity index (χ4v) is 2.19. The molecule has 0 heterocycles. The maximum absolute atomic E-state index is 12.0. The van der Waals surface area contributed by atoms with Crippen molar-refractivity contribution in [1.29, 1.82) is 0 Å². The van der Waals surface area contributed by atoms with Crippen molar-refractivity contribution in [2.24, 2.45) is 5.73 Å². The molecule has 0 radical (unpaired) electrons. The van der Waals surface area contributed by atoms with E-state index in [1.165, 1.54) is 0 Å². The fourth-order valence-electron chi connectivity index (χ4n) is 2.19. The Kier molecular flexibility index (Phi) is 3.99. The quantitative estimate of drug-likeness (QED) is 0.827. The Hall–Kier alpha value is -1.39. The van der Waals surface area contributed by atoms with Crippen LogP contribution in [0, 0.1) is 0 Å². The molecule has 3 N–H and O–H groups in total. The first-order chi connectivity index (χ1) is 8.67. The normalized spacial score (nSPS) is 18.8. The Balaban J connectivity index is 1.88. The first kappa shape index (κ1) is 13.1. The van der Waals surface area contributed by atoms with E-state index in [1.54, 1.807) is 7.11 Å². The van der Waals surface area contributed by atoms with Crippen LogP contribution in [0.25, 0.3) is 0 Å². The minimum atomic E-state index is -0.611. The van der Waals surface area contributed by atoms with Crippen molar-refractivity contribution in [3.05, 3.63) is 35.9 Å². The summed E-state index contributed by atoms with van der Waals surface area (Å²) in [6, 6.07) is 8.78. The molecule has 98 valence electrons. The van der Waals surface area contributed by atoms with Crippen molar-refractivity contribution in [1.82, 2.24) is 5.32 Å². The molecule has 1 amide bonds. The van der Waals surface area contributed by atoms with Gasteiger partial charge in [-0.1, -0.05) is 30.3 Å². The molecule has 1 aromatic carbocycles. The number of benzene rings is 1. The number of methoxy groups -OCH3 is 1. The van der Waals surface area contributed by atoms with E-state index < -0.39 is 6.04 Å². The Morgan fingerprint density at radius 1 is 1.44 bits per heavy atom. The van der Waals surface area contributed by atoms with E-state index in [1.807, 2.05) is 30.3 Å². The molecule has 1 saturated carbocycles. The molecule has 1 fully saturated rings. The number of nitrogens with one attached hydrogen (secondary N) is 1. The Morgan fingerprint density at radius 3 is 2.61 bits per heavy atom. The number of carbonyl (C=O) groups is 1. The average molecular weight is 248 g/mol. The van der Waals surface area contributed by atoms with Gasteiger partial charge in [0.25, 0.3) is 0 Å². The average Bonchev–Trinajstić information content (AvgIpc) is 2.38. The van der Waals surface area contributed by atoms with Crippen LogP contribution in [0.4, 0.5) is 0 Å². The minimum Gasteiger partial charge on any atom is -0.376 e. The van der Waals surface area contributed by atoms with Crippen LogP contribution in [0.5, 0.6) is 0 Å². The highest BCUT2D eigenvalue weighted by molar-refractivity contribution is 5.82. The lowest BCUT2D eigenvalue weighted by Gasteiger charge is -2.40. The van der Waals surface area contributed by atoms with E-state index >= 15 is 0 Å². The third kappa shape index (κ3) is 2.71. The van der Waals surface area contributed by atoms with Crippen LogP contribution < -0.4 is 11.1 Å². The molecule has 0 aliphatic heterocycles. The summed E-state index contributed by atoms with van der Waals surface area (Å²) in [7, 11) is 1.70. The van der Waals surface area contributed by atoms with Gasteiger partial charge in [0.15, 0.2) is 0 Å². The third-order valence-electron chi connectivity index (χ3n) is 3.72. The summed E-state index contributed by atoms with van der Waals surface area (Å²) in [5, 5.41) is 2.89. The lowest BCUT2D eigenvalue weighted by molar-refractivity contribution is -0.126. The van der Waals surface area contributed by atoms with Crippen molar-refractivity contribution in [3.63, 3.8) is 0 Å². The van der Waals surface area contributed by atoms with Crippen LogP contribution in [0.2, 0.25) is 0 Å². The molecule has 1 atom stereocenters. The van der Waals surface area contributed by atoms with Crippen LogP contribution in [-0.2, 0) is 9.53 Å². The molecule has 4 nitrogen and oxygen atoms in total. The standard InChI is InChI=1S/C14H20N2O2/c1-18-14(8-5-9-14)10-16-13(17)12(15)11-6-3-2-4-7-11/h2-4,6-7,12H,5,8-10,15H2,1H3,(H,16,17)/t12-/m1/s1. The largest absolute Gasteiger partial charge is 0.376 e. The summed E-state index contributed by atoms with van der Waals surface area (Å²) in [6.45, 7) is 0.545. The summed E-state index contributed by atoms with van der Waals surface area (Å²) >= 11 is 0.